The molecule has 0 fully saturated rings. The first kappa shape index (κ1) is 16.1. The van der Waals surface area contributed by atoms with Crippen LogP contribution in [0.3, 0.4) is 0 Å². The van der Waals surface area contributed by atoms with Crippen molar-refractivity contribution in [2.24, 2.45) is 0 Å². The summed E-state index contributed by atoms with van der Waals surface area (Å²) < 4.78 is 0. The van der Waals surface area contributed by atoms with E-state index in [0.29, 0.717) is 6.04 Å². The first-order valence-electron chi connectivity index (χ1n) is 7.48. The molecule has 0 atom stereocenters. The van der Waals surface area contributed by atoms with Gasteiger partial charge in [-0.1, -0.05) is 39.7 Å². The van der Waals surface area contributed by atoms with E-state index in [9.17, 15) is 0 Å². The van der Waals surface area contributed by atoms with Gasteiger partial charge in [0.1, 0.15) is 0 Å². The Morgan fingerprint density at radius 2 is 1.95 bits per heavy atom. The number of pyridine rings is 1. The number of hydrogen-bond acceptors (Lipinski definition) is 3. The highest BCUT2D eigenvalue weighted by atomic mass is 15.1. The summed E-state index contributed by atoms with van der Waals surface area (Å²) in [7, 11) is 2.18. The maximum atomic E-state index is 4.71. The summed E-state index contributed by atoms with van der Waals surface area (Å²) >= 11 is 0. The second-order valence-electron chi connectivity index (χ2n) is 5.60. The summed E-state index contributed by atoms with van der Waals surface area (Å²) in [6.45, 7) is 9.51. The standard InChI is InChI=1S/C16H29N3/c1-5-6-7-11-19(4)13-16-10-8-9-15(18-16)12-17-14(2)3/h8-10,14,17H,5-7,11-13H2,1-4H3. The fourth-order valence-corrected chi connectivity index (χ4v) is 2.01. The van der Waals surface area contributed by atoms with Crippen LogP contribution in [0.25, 0.3) is 0 Å². The van der Waals surface area contributed by atoms with E-state index in [2.05, 4.69) is 56.2 Å². The van der Waals surface area contributed by atoms with Crippen molar-refractivity contribution in [2.45, 2.75) is 59.2 Å². The second-order valence-corrected chi connectivity index (χ2v) is 5.60. The van der Waals surface area contributed by atoms with Gasteiger partial charge in [0.05, 0.1) is 11.4 Å². The highest BCUT2D eigenvalue weighted by molar-refractivity contribution is 5.11. The van der Waals surface area contributed by atoms with E-state index >= 15 is 0 Å². The van der Waals surface area contributed by atoms with Crippen LogP contribution in [0.5, 0.6) is 0 Å². The summed E-state index contributed by atoms with van der Waals surface area (Å²) in [5.41, 5.74) is 2.30. The van der Waals surface area contributed by atoms with E-state index in [1.54, 1.807) is 0 Å². The van der Waals surface area contributed by atoms with Gasteiger partial charge in [0, 0.05) is 19.1 Å². The number of nitrogens with zero attached hydrogens (tertiary/aromatic N) is 2. The molecule has 0 aliphatic carbocycles. The minimum atomic E-state index is 0.502. The molecule has 0 amide bonds. The molecule has 0 aliphatic rings. The maximum absolute atomic E-state index is 4.71. The van der Waals surface area contributed by atoms with Gasteiger partial charge >= 0.3 is 0 Å². The van der Waals surface area contributed by atoms with Crippen LogP contribution < -0.4 is 5.32 Å². The van der Waals surface area contributed by atoms with Crippen molar-refractivity contribution in [1.29, 1.82) is 0 Å². The average Bonchev–Trinajstić information content (AvgIpc) is 2.37. The number of rotatable bonds is 9. The van der Waals surface area contributed by atoms with Crippen molar-refractivity contribution in [2.75, 3.05) is 13.6 Å². The van der Waals surface area contributed by atoms with Crippen molar-refractivity contribution in [3.05, 3.63) is 29.6 Å². The Bertz CT molecular complexity index is 350. The fraction of sp³-hybridized carbons (Fsp3) is 0.688. The van der Waals surface area contributed by atoms with E-state index in [1.165, 1.54) is 25.0 Å². The van der Waals surface area contributed by atoms with E-state index in [-0.39, 0.29) is 0 Å². The van der Waals surface area contributed by atoms with Crippen molar-refractivity contribution >= 4 is 0 Å². The van der Waals surface area contributed by atoms with E-state index < -0.39 is 0 Å². The van der Waals surface area contributed by atoms with Gasteiger partial charge in [-0.25, -0.2) is 0 Å². The lowest BCUT2D eigenvalue weighted by atomic mass is 10.2. The van der Waals surface area contributed by atoms with Crippen LogP contribution in [0.4, 0.5) is 0 Å². The molecule has 1 N–H and O–H groups in total. The predicted molar refractivity (Wildman–Crippen MR) is 82.1 cm³/mol. The maximum Gasteiger partial charge on any atom is 0.0547 e. The van der Waals surface area contributed by atoms with Crippen LogP contribution in [0.1, 0.15) is 51.4 Å². The lowest BCUT2D eigenvalue weighted by Crippen LogP contribution is -2.23. The molecule has 0 unspecified atom stereocenters. The Balaban J connectivity index is 2.42. The third-order valence-electron chi connectivity index (χ3n) is 3.13. The van der Waals surface area contributed by atoms with E-state index in [0.717, 1.165) is 25.3 Å². The van der Waals surface area contributed by atoms with Gasteiger partial charge in [-0.05, 0) is 32.1 Å². The van der Waals surface area contributed by atoms with Crippen molar-refractivity contribution in [3.63, 3.8) is 0 Å². The normalized spacial score (nSPS) is 11.5. The quantitative estimate of drug-likeness (QED) is 0.693. The van der Waals surface area contributed by atoms with Crippen molar-refractivity contribution < 1.29 is 0 Å². The molecule has 3 nitrogen and oxygen atoms in total. The molecule has 0 bridgehead atoms. The van der Waals surface area contributed by atoms with Crippen LogP contribution in [0, 0.1) is 0 Å². The Hall–Kier alpha value is -0.930. The molecule has 1 aromatic rings. The molecule has 0 spiro atoms. The highest BCUT2D eigenvalue weighted by Crippen LogP contribution is 2.04. The summed E-state index contributed by atoms with van der Waals surface area (Å²) in [5.74, 6) is 0. The summed E-state index contributed by atoms with van der Waals surface area (Å²) in [6.07, 6.45) is 3.88. The molecule has 0 aromatic carbocycles. The molecule has 1 rings (SSSR count). The van der Waals surface area contributed by atoms with Gasteiger partial charge in [0.25, 0.3) is 0 Å². The monoisotopic (exact) mass is 263 g/mol. The van der Waals surface area contributed by atoms with Crippen molar-refractivity contribution in [3.8, 4) is 0 Å². The molecule has 108 valence electrons. The SMILES string of the molecule is CCCCCN(C)Cc1cccc(CNC(C)C)n1. The lowest BCUT2D eigenvalue weighted by Gasteiger charge is -2.16. The number of unbranched alkanes of at least 4 members (excludes halogenated alkanes) is 2. The first-order chi connectivity index (χ1) is 9.11. The van der Waals surface area contributed by atoms with Gasteiger partial charge < -0.3 is 10.2 Å². The van der Waals surface area contributed by atoms with Crippen molar-refractivity contribution in [1.82, 2.24) is 15.2 Å². The van der Waals surface area contributed by atoms with Crippen LogP contribution >= 0.6 is 0 Å². The zero-order valence-electron chi connectivity index (χ0n) is 12.9. The Morgan fingerprint density at radius 3 is 2.63 bits per heavy atom. The highest BCUT2D eigenvalue weighted by Gasteiger charge is 2.03. The van der Waals surface area contributed by atoms with Crippen LogP contribution in [-0.2, 0) is 13.1 Å². The topological polar surface area (TPSA) is 28.2 Å². The molecular formula is C16H29N3. The number of aromatic nitrogens is 1. The Kier molecular flexibility index (Phi) is 7.68. The van der Waals surface area contributed by atoms with Crippen LogP contribution in [0.15, 0.2) is 18.2 Å². The summed E-state index contributed by atoms with van der Waals surface area (Å²) in [6, 6.07) is 6.83. The minimum Gasteiger partial charge on any atom is -0.309 e. The molecule has 3 heteroatoms. The van der Waals surface area contributed by atoms with Gasteiger partial charge in [-0.15, -0.1) is 0 Å². The third-order valence-corrected chi connectivity index (χ3v) is 3.13. The average molecular weight is 263 g/mol. The molecule has 0 saturated heterocycles. The Labute approximate surface area is 118 Å². The zero-order chi connectivity index (χ0) is 14.1. The van der Waals surface area contributed by atoms with Gasteiger partial charge in [-0.3, -0.25) is 4.98 Å². The number of nitrogens with one attached hydrogen (secondary N) is 1. The van der Waals surface area contributed by atoms with E-state index in [1.807, 2.05) is 0 Å². The fourth-order valence-electron chi connectivity index (χ4n) is 2.01. The van der Waals surface area contributed by atoms with Crippen LogP contribution in [-0.4, -0.2) is 29.5 Å². The molecule has 1 aromatic heterocycles. The molecule has 0 radical (unpaired) electrons. The molecule has 1 heterocycles. The zero-order valence-corrected chi connectivity index (χ0v) is 12.9. The predicted octanol–water partition coefficient (Wildman–Crippen LogP) is 3.20. The number of hydrogen-bond donors (Lipinski definition) is 1. The summed E-state index contributed by atoms with van der Waals surface area (Å²) in [4.78, 5) is 7.07. The minimum absolute atomic E-state index is 0.502. The summed E-state index contributed by atoms with van der Waals surface area (Å²) in [5, 5.41) is 3.41. The molecule has 0 aliphatic heterocycles. The smallest absolute Gasteiger partial charge is 0.0547 e. The lowest BCUT2D eigenvalue weighted by molar-refractivity contribution is 0.314. The Morgan fingerprint density at radius 1 is 1.21 bits per heavy atom. The van der Waals surface area contributed by atoms with E-state index in [4.69, 9.17) is 4.98 Å². The van der Waals surface area contributed by atoms with Gasteiger partial charge in [0.2, 0.25) is 0 Å². The van der Waals surface area contributed by atoms with Gasteiger partial charge in [0.15, 0.2) is 0 Å². The van der Waals surface area contributed by atoms with Gasteiger partial charge in [-0.2, -0.15) is 0 Å². The largest absolute Gasteiger partial charge is 0.309 e. The van der Waals surface area contributed by atoms with Crippen LogP contribution in [0.2, 0.25) is 0 Å². The second kappa shape index (κ2) is 9.05. The molecule has 19 heavy (non-hydrogen) atoms. The molecular weight excluding hydrogens is 234 g/mol. The first-order valence-corrected chi connectivity index (χ1v) is 7.48. The molecule has 0 saturated carbocycles. The third kappa shape index (κ3) is 7.28.